The number of carboxylic acid groups (broad SMARTS) is 1. The molecular weight excluding hydrogens is 286 g/mol. The molecule has 21 heavy (non-hydrogen) atoms. The van der Waals surface area contributed by atoms with Crippen molar-refractivity contribution in [3.8, 4) is 0 Å². The molecule has 2 aliphatic carbocycles. The van der Waals surface area contributed by atoms with E-state index in [0.717, 1.165) is 25.7 Å². The number of amides is 1. The predicted molar refractivity (Wildman–Crippen MR) is 81.0 cm³/mol. The topological polar surface area (TPSA) is 57.6 Å². The highest BCUT2D eigenvalue weighted by Gasteiger charge is 2.38. The van der Waals surface area contributed by atoms with Crippen LogP contribution in [0, 0.1) is 11.8 Å². The minimum Gasteiger partial charge on any atom is -0.481 e. The SMILES string of the molecule is O=C(O)C1CCCC(C(=O)N(Cc2cccs2)C2CC2)C1. The monoisotopic (exact) mass is 307 g/mol. The molecule has 1 N–H and O–H groups in total. The summed E-state index contributed by atoms with van der Waals surface area (Å²) in [7, 11) is 0. The van der Waals surface area contributed by atoms with Gasteiger partial charge >= 0.3 is 5.97 Å². The van der Waals surface area contributed by atoms with E-state index in [1.165, 1.54) is 4.88 Å². The summed E-state index contributed by atoms with van der Waals surface area (Å²) < 4.78 is 0. The Morgan fingerprint density at radius 1 is 1.24 bits per heavy atom. The standard InChI is InChI=1S/C16H21NO3S/c18-15(11-3-1-4-12(9-11)16(19)20)17(13-6-7-13)10-14-5-2-8-21-14/h2,5,8,11-13H,1,3-4,6-7,9-10H2,(H,19,20). The number of nitrogens with zero attached hydrogens (tertiary/aromatic N) is 1. The van der Waals surface area contributed by atoms with Gasteiger partial charge in [-0.15, -0.1) is 11.3 Å². The maximum absolute atomic E-state index is 12.8. The Morgan fingerprint density at radius 3 is 2.62 bits per heavy atom. The van der Waals surface area contributed by atoms with Crippen LogP contribution in [0.15, 0.2) is 17.5 Å². The maximum Gasteiger partial charge on any atom is 0.306 e. The summed E-state index contributed by atoms with van der Waals surface area (Å²) in [5.74, 6) is -1.00. The van der Waals surface area contributed by atoms with Crippen molar-refractivity contribution in [1.29, 1.82) is 0 Å². The second kappa shape index (κ2) is 6.18. The first-order valence-corrected chi connectivity index (χ1v) is 8.59. The summed E-state index contributed by atoms with van der Waals surface area (Å²) in [6.07, 6.45) is 5.11. The fourth-order valence-corrected chi connectivity index (χ4v) is 3.92. The molecule has 1 amide bonds. The van der Waals surface area contributed by atoms with Gasteiger partial charge < -0.3 is 10.0 Å². The summed E-state index contributed by atoms with van der Waals surface area (Å²) in [6.45, 7) is 0.690. The Labute approximate surface area is 128 Å². The van der Waals surface area contributed by atoms with Gasteiger partial charge in [0, 0.05) is 16.8 Å². The first-order valence-electron chi connectivity index (χ1n) is 7.71. The van der Waals surface area contributed by atoms with Crippen molar-refractivity contribution in [3.63, 3.8) is 0 Å². The fourth-order valence-electron chi connectivity index (χ4n) is 3.22. The number of carbonyl (C=O) groups excluding carboxylic acids is 1. The molecule has 1 heterocycles. The zero-order chi connectivity index (χ0) is 14.8. The van der Waals surface area contributed by atoms with Gasteiger partial charge in [0.25, 0.3) is 0 Å². The van der Waals surface area contributed by atoms with Crippen molar-refractivity contribution in [3.05, 3.63) is 22.4 Å². The molecule has 2 aliphatic rings. The first-order chi connectivity index (χ1) is 10.1. The van der Waals surface area contributed by atoms with Crippen molar-refractivity contribution < 1.29 is 14.7 Å². The van der Waals surface area contributed by atoms with Gasteiger partial charge in [-0.3, -0.25) is 9.59 Å². The van der Waals surface area contributed by atoms with Gasteiger partial charge in [0.05, 0.1) is 12.5 Å². The summed E-state index contributed by atoms with van der Waals surface area (Å²) in [4.78, 5) is 27.2. The number of aliphatic carboxylic acids is 1. The van der Waals surface area contributed by atoms with Crippen molar-refractivity contribution in [2.75, 3.05) is 0 Å². The molecule has 2 atom stereocenters. The summed E-state index contributed by atoms with van der Waals surface area (Å²) in [5, 5.41) is 11.2. The van der Waals surface area contributed by atoms with E-state index < -0.39 is 5.97 Å². The highest BCUT2D eigenvalue weighted by Crippen LogP contribution is 2.35. The van der Waals surface area contributed by atoms with Gasteiger partial charge in [-0.2, -0.15) is 0 Å². The lowest BCUT2D eigenvalue weighted by Crippen LogP contribution is -2.39. The number of hydrogen-bond acceptors (Lipinski definition) is 3. The van der Waals surface area contributed by atoms with Crippen LogP contribution in [0.1, 0.15) is 43.4 Å². The number of thiophene rings is 1. The zero-order valence-corrected chi connectivity index (χ0v) is 12.8. The summed E-state index contributed by atoms with van der Waals surface area (Å²) >= 11 is 1.68. The molecule has 1 aromatic heterocycles. The van der Waals surface area contributed by atoms with Crippen molar-refractivity contribution in [1.82, 2.24) is 4.90 Å². The highest BCUT2D eigenvalue weighted by molar-refractivity contribution is 7.09. The van der Waals surface area contributed by atoms with Crippen LogP contribution >= 0.6 is 11.3 Å². The molecular formula is C16H21NO3S. The summed E-state index contributed by atoms with van der Waals surface area (Å²) in [6, 6.07) is 4.45. The van der Waals surface area contributed by atoms with E-state index in [1.54, 1.807) is 11.3 Å². The molecule has 4 nitrogen and oxygen atoms in total. The maximum atomic E-state index is 12.8. The first kappa shape index (κ1) is 14.6. The van der Waals surface area contributed by atoms with Crippen molar-refractivity contribution in [2.24, 2.45) is 11.8 Å². The van der Waals surface area contributed by atoms with Crippen LogP contribution in [0.25, 0.3) is 0 Å². The Kier molecular flexibility index (Phi) is 4.29. The molecule has 3 rings (SSSR count). The Morgan fingerprint density at radius 2 is 2.00 bits per heavy atom. The zero-order valence-electron chi connectivity index (χ0n) is 12.0. The minimum absolute atomic E-state index is 0.0968. The molecule has 2 saturated carbocycles. The fraction of sp³-hybridized carbons (Fsp3) is 0.625. The smallest absolute Gasteiger partial charge is 0.306 e. The number of hydrogen-bond donors (Lipinski definition) is 1. The van der Waals surface area contributed by atoms with Gasteiger partial charge in [0.2, 0.25) is 5.91 Å². The second-order valence-electron chi connectivity index (χ2n) is 6.18. The normalized spacial score (nSPS) is 25.5. The molecule has 0 aliphatic heterocycles. The van der Waals surface area contributed by atoms with E-state index >= 15 is 0 Å². The quantitative estimate of drug-likeness (QED) is 0.909. The van der Waals surface area contributed by atoms with Gasteiger partial charge in [0.15, 0.2) is 0 Å². The van der Waals surface area contributed by atoms with Gasteiger partial charge in [-0.1, -0.05) is 12.5 Å². The van der Waals surface area contributed by atoms with E-state index in [4.69, 9.17) is 0 Å². The molecule has 5 heteroatoms. The van der Waals surface area contributed by atoms with Crippen LogP contribution < -0.4 is 0 Å². The lowest BCUT2D eigenvalue weighted by Gasteiger charge is -2.31. The Hall–Kier alpha value is -1.36. The lowest BCUT2D eigenvalue weighted by atomic mass is 9.80. The molecule has 0 radical (unpaired) electrons. The van der Waals surface area contributed by atoms with Crippen LogP contribution in [0.2, 0.25) is 0 Å². The van der Waals surface area contributed by atoms with Crippen molar-refractivity contribution >= 4 is 23.2 Å². The minimum atomic E-state index is -0.747. The van der Waals surface area contributed by atoms with E-state index in [-0.39, 0.29) is 17.7 Å². The average Bonchev–Trinajstić information content (AvgIpc) is 3.20. The second-order valence-corrected chi connectivity index (χ2v) is 7.21. The lowest BCUT2D eigenvalue weighted by molar-refractivity contribution is -0.145. The van der Waals surface area contributed by atoms with Crippen molar-refractivity contribution in [2.45, 2.75) is 51.1 Å². The molecule has 0 saturated heterocycles. The molecule has 1 aromatic rings. The molecule has 0 bridgehead atoms. The van der Waals surface area contributed by atoms with E-state index in [2.05, 4.69) is 6.07 Å². The van der Waals surface area contributed by atoms with Crippen LogP contribution in [0.3, 0.4) is 0 Å². The van der Waals surface area contributed by atoms with Gasteiger partial charge in [-0.25, -0.2) is 0 Å². The predicted octanol–water partition coefficient (Wildman–Crippen LogP) is 3.13. The molecule has 2 unspecified atom stereocenters. The third-order valence-electron chi connectivity index (χ3n) is 4.55. The third-order valence-corrected chi connectivity index (χ3v) is 5.41. The third kappa shape index (κ3) is 3.46. The largest absolute Gasteiger partial charge is 0.481 e. The summed E-state index contributed by atoms with van der Waals surface area (Å²) in [5.41, 5.74) is 0. The molecule has 2 fully saturated rings. The van der Waals surface area contributed by atoms with E-state index in [1.807, 2.05) is 16.3 Å². The van der Waals surface area contributed by atoms with Crippen LogP contribution in [0.4, 0.5) is 0 Å². The van der Waals surface area contributed by atoms with Gasteiger partial charge in [-0.05, 0) is 43.6 Å². The highest BCUT2D eigenvalue weighted by atomic mass is 32.1. The number of carbonyl (C=O) groups is 2. The Balaban J connectivity index is 1.67. The van der Waals surface area contributed by atoms with Crippen LogP contribution in [-0.2, 0) is 16.1 Å². The number of carboxylic acids is 1. The molecule has 0 spiro atoms. The molecule has 0 aromatic carbocycles. The van der Waals surface area contributed by atoms with E-state index in [9.17, 15) is 14.7 Å². The number of rotatable bonds is 5. The van der Waals surface area contributed by atoms with Crippen LogP contribution in [-0.4, -0.2) is 27.9 Å². The van der Waals surface area contributed by atoms with E-state index in [0.29, 0.717) is 25.4 Å². The van der Waals surface area contributed by atoms with Gasteiger partial charge in [0.1, 0.15) is 0 Å². The van der Waals surface area contributed by atoms with Crippen LogP contribution in [0.5, 0.6) is 0 Å². The average molecular weight is 307 g/mol. The molecule has 114 valence electrons. The Bertz CT molecular complexity index is 510.